The van der Waals surface area contributed by atoms with E-state index in [2.05, 4.69) is 6.07 Å². The Bertz CT molecular complexity index is 482. The largest absolute Gasteiger partial charge is 0.495 e. The van der Waals surface area contributed by atoms with E-state index in [0.717, 1.165) is 18.4 Å². The summed E-state index contributed by atoms with van der Waals surface area (Å²) in [5.74, 6) is 0.596. The highest BCUT2D eigenvalue weighted by Gasteiger charge is 2.20. The molecule has 108 valence electrons. The molecule has 0 aliphatic heterocycles. The number of hydrogen-bond acceptors (Lipinski definition) is 4. The molecular weight excluding hydrogens is 252 g/mol. The third kappa shape index (κ3) is 3.72. The number of rotatable bonds is 4. The van der Waals surface area contributed by atoms with Crippen LogP contribution in [0.25, 0.3) is 0 Å². The average molecular weight is 274 g/mol. The number of methoxy groups -OCH3 is 1. The van der Waals surface area contributed by atoms with Crippen LogP contribution in [0.1, 0.15) is 43.2 Å². The molecule has 1 aromatic carbocycles. The van der Waals surface area contributed by atoms with Crippen molar-refractivity contribution < 1.29 is 9.47 Å². The van der Waals surface area contributed by atoms with Crippen LogP contribution in [0.15, 0.2) is 18.2 Å². The van der Waals surface area contributed by atoms with Crippen molar-refractivity contribution in [3.8, 4) is 11.8 Å². The van der Waals surface area contributed by atoms with E-state index in [0.29, 0.717) is 17.9 Å². The summed E-state index contributed by atoms with van der Waals surface area (Å²) in [5, 5.41) is 8.96. The summed E-state index contributed by atoms with van der Waals surface area (Å²) in [4.78, 5) is 0. The Morgan fingerprint density at radius 3 is 2.85 bits per heavy atom. The van der Waals surface area contributed by atoms with Gasteiger partial charge in [-0.3, -0.25) is 0 Å². The number of nitrogens with two attached hydrogens (primary N) is 1. The topological polar surface area (TPSA) is 68.3 Å². The second-order valence-corrected chi connectivity index (χ2v) is 5.30. The lowest BCUT2D eigenvalue weighted by molar-refractivity contribution is 0.0194. The van der Waals surface area contributed by atoms with Crippen molar-refractivity contribution in [2.45, 2.75) is 50.9 Å². The molecule has 1 aliphatic rings. The molecule has 2 N–H and O–H groups in total. The zero-order chi connectivity index (χ0) is 14.4. The lowest BCUT2D eigenvalue weighted by Crippen LogP contribution is -2.35. The fourth-order valence-electron chi connectivity index (χ4n) is 2.63. The van der Waals surface area contributed by atoms with Gasteiger partial charge in [-0.1, -0.05) is 25.3 Å². The Labute approximate surface area is 120 Å². The third-order valence-electron chi connectivity index (χ3n) is 3.85. The second kappa shape index (κ2) is 7.28. The molecule has 0 spiro atoms. The highest BCUT2D eigenvalue weighted by molar-refractivity contribution is 5.45. The van der Waals surface area contributed by atoms with Gasteiger partial charge in [0.2, 0.25) is 0 Å². The third-order valence-corrected chi connectivity index (χ3v) is 3.85. The van der Waals surface area contributed by atoms with Gasteiger partial charge in [0.1, 0.15) is 11.8 Å². The Kier molecular flexibility index (Phi) is 5.40. The molecule has 1 aliphatic carbocycles. The first-order chi connectivity index (χ1) is 9.74. The van der Waals surface area contributed by atoms with Gasteiger partial charge in [-0.25, -0.2) is 0 Å². The second-order valence-electron chi connectivity index (χ2n) is 5.30. The standard InChI is InChI=1S/C16H22N2O2/c1-19-16-9-12(7-8-13(16)10-17)11-20-15-6-4-2-3-5-14(15)18/h7-9,14-15H,2-6,11,18H2,1H3. The summed E-state index contributed by atoms with van der Waals surface area (Å²) in [5.41, 5.74) is 7.71. The zero-order valence-electron chi connectivity index (χ0n) is 12.0. The van der Waals surface area contributed by atoms with E-state index >= 15 is 0 Å². The predicted octanol–water partition coefficient (Wildman–Crippen LogP) is 2.74. The normalized spacial score (nSPS) is 22.9. The summed E-state index contributed by atoms with van der Waals surface area (Å²) in [7, 11) is 1.57. The van der Waals surface area contributed by atoms with E-state index in [1.807, 2.05) is 12.1 Å². The molecule has 0 aromatic heterocycles. The molecule has 2 rings (SSSR count). The summed E-state index contributed by atoms with van der Waals surface area (Å²) >= 11 is 0. The van der Waals surface area contributed by atoms with Crippen molar-refractivity contribution in [1.82, 2.24) is 0 Å². The molecule has 0 saturated heterocycles. The predicted molar refractivity (Wildman–Crippen MR) is 77.3 cm³/mol. The Balaban J connectivity index is 1.98. The first-order valence-corrected chi connectivity index (χ1v) is 7.19. The van der Waals surface area contributed by atoms with Crippen LogP contribution >= 0.6 is 0 Å². The van der Waals surface area contributed by atoms with Crippen LogP contribution in [0.2, 0.25) is 0 Å². The molecule has 1 saturated carbocycles. The minimum absolute atomic E-state index is 0.137. The maximum absolute atomic E-state index is 8.96. The van der Waals surface area contributed by atoms with E-state index < -0.39 is 0 Å². The maximum Gasteiger partial charge on any atom is 0.136 e. The van der Waals surface area contributed by atoms with E-state index in [1.54, 1.807) is 13.2 Å². The Morgan fingerprint density at radius 2 is 2.10 bits per heavy atom. The van der Waals surface area contributed by atoms with Crippen LogP contribution in [-0.4, -0.2) is 19.3 Å². The molecule has 0 radical (unpaired) electrons. The summed E-state index contributed by atoms with van der Waals surface area (Å²) in [6, 6.07) is 7.78. The lowest BCUT2D eigenvalue weighted by atomic mass is 10.1. The first kappa shape index (κ1) is 14.8. The SMILES string of the molecule is COc1cc(COC2CCCCCC2N)ccc1C#N. The summed E-state index contributed by atoms with van der Waals surface area (Å²) in [6.45, 7) is 0.514. The van der Waals surface area contributed by atoms with E-state index in [1.165, 1.54) is 19.3 Å². The molecule has 0 amide bonds. The molecule has 1 aromatic rings. The molecule has 2 atom stereocenters. The fraction of sp³-hybridized carbons (Fsp3) is 0.562. The van der Waals surface area contributed by atoms with Crippen molar-refractivity contribution in [2.24, 2.45) is 5.73 Å². The van der Waals surface area contributed by atoms with Gasteiger partial charge in [0.05, 0.1) is 25.4 Å². The quantitative estimate of drug-likeness (QED) is 0.857. The van der Waals surface area contributed by atoms with Gasteiger partial charge in [-0.2, -0.15) is 5.26 Å². The van der Waals surface area contributed by atoms with Crippen LogP contribution < -0.4 is 10.5 Å². The molecule has 4 heteroatoms. The van der Waals surface area contributed by atoms with Crippen LogP contribution in [0.5, 0.6) is 5.75 Å². The van der Waals surface area contributed by atoms with Crippen molar-refractivity contribution >= 4 is 0 Å². The molecule has 0 heterocycles. The van der Waals surface area contributed by atoms with Gasteiger partial charge in [-0.05, 0) is 30.5 Å². The number of hydrogen-bond donors (Lipinski definition) is 1. The molecule has 20 heavy (non-hydrogen) atoms. The van der Waals surface area contributed by atoms with Crippen LogP contribution in [0.4, 0.5) is 0 Å². The highest BCUT2D eigenvalue weighted by Crippen LogP contribution is 2.23. The number of ether oxygens (including phenoxy) is 2. The van der Waals surface area contributed by atoms with Gasteiger partial charge in [0, 0.05) is 6.04 Å². The van der Waals surface area contributed by atoms with Gasteiger partial charge < -0.3 is 15.2 Å². The average Bonchev–Trinajstić information content (AvgIpc) is 2.69. The van der Waals surface area contributed by atoms with Crippen molar-refractivity contribution in [1.29, 1.82) is 5.26 Å². The highest BCUT2D eigenvalue weighted by atomic mass is 16.5. The van der Waals surface area contributed by atoms with Gasteiger partial charge in [0.25, 0.3) is 0 Å². The zero-order valence-corrected chi connectivity index (χ0v) is 12.0. The number of nitriles is 1. The van der Waals surface area contributed by atoms with Crippen molar-refractivity contribution in [3.05, 3.63) is 29.3 Å². The molecule has 1 fully saturated rings. The molecular formula is C16H22N2O2. The monoisotopic (exact) mass is 274 g/mol. The van der Waals surface area contributed by atoms with Gasteiger partial charge >= 0.3 is 0 Å². The van der Waals surface area contributed by atoms with E-state index in [-0.39, 0.29) is 12.1 Å². The summed E-state index contributed by atoms with van der Waals surface area (Å²) < 4.78 is 11.2. The molecule has 0 bridgehead atoms. The van der Waals surface area contributed by atoms with Crippen LogP contribution in [0.3, 0.4) is 0 Å². The summed E-state index contributed by atoms with van der Waals surface area (Å²) in [6.07, 6.45) is 5.86. The van der Waals surface area contributed by atoms with E-state index in [4.69, 9.17) is 20.5 Å². The molecule has 2 unspecified atom stereocenters. The minimum Gasteiger partial charge on any atom is -0.495 e. The Morgan fingerprint density at radius 1 is 1.30 bits per heavy atom. The first-order valence-electron chi connectivity index (χ1n) is 7.19. The van der Waals surface area contributed by atoms with Crippen molar-refractivity contribution in [2.75, 3.05) is 7.11 Å². The number of benzene rings is 1. The molecule has 4 nitrogen and oxygen atoms in total. The Hall–Kier alpha value is -1.57. The van der Waals surface area contributed by atoms with Crippen LogP contribution in [-0.2, 0) is 11.3 Å². The van der Waals surface area contributed by atoms with E-state index in [9.17, 15) is 0 Å². The fourth-order valence-corrected chi connectivity index (χ4v) is 2.63. The van der Waals surface area contributed by atoms with Gasteiger partial charge in [0.15, 0.2) is 0 Å². The maximum atomic E-state index is 8.96. The minimum atomic E-state index is 0.137. The van der Waals surface area contributed by atoms with Crippen LogP contribution in [0, 0.1) is 11.3 Å². The van der Waals surface area contributed by atoms with Gasteiger partial charge in [-0.15, -0.1) is 0 Å². The smallest absolute Gasteiger partial charge is 0.136 e. The van der Waals surface area contributed by atoms with Crippen molar-refractivity contribution in [3.63, 3.8) is 0 Å². The lowest BCUT2D eigenvalue weighted by Gasteiger charge is -2.22. The number of nitrogens with zero attached hydrogens (tertiary/aromatic N) is 1.